The van der Waals surface area contributed by atoms with Crippen LogP contribution in [0.4, 0.5) is 20.2 Å². The van der Waals surface area contributed by atoms with E-state index in [4.69, 9.17) is 10.5 Å². The third kappa shape index (κ3) is 2.80. The van der Waals surface area contributed by atoms with E-state index < -0.39 is 12.3 Å². The summed E-state index contributed by atoms with van der Waals surface area (Å²) >= 11 is 0. The second kappa shape index (κ2) is 4.59. The van der Waals surface area contributed by atoms with Crippen molar-refractivity contribution in [2.24, 2.45) is 0 Å². The largest absolute Gasteiger partial charge is 0.497 e. The molecule has 0 saturated carbocycles. The molecule has 1 aromatic rings. The van der Waals surface area contributed by atoms with Crippen molar-refractivity contribution < 1.29 is 18.3 Å². The van der Waals surface area contributed by atoms with Gasteiger partial charge in [0.05, 0.1) is 18.5 Å². The third-order valence-corrected chi connectivity index (χ3v) is 1.72. The lowest BCUT2D eigenvalue weighted by molar-refractivity contribution is -0.126. The maximum absolute atomic E-state index is 11.9. The number of nitrogen functional groups attached to an aromatic ring is 1. The number of hydrogen-bond donors (Lipinski definition) is 2. The highest BCUT2D eigenvalue weighted by Crippen LogP contribution is 2.24. The molecule has 0 radical (unpaired) electrons. The van der Waals surface area contributed by atoms with Crippen LogP contribution in [0.1, 0.15) is 0 Å². The van der Waals surface area contributed by atoms with Gasteiger partial charge in [0.15, 0.2) is 0 Å². The molecule has 0 aliphatic rings. The number of anilines is 2. The zero-order valence-electron chi connectivity index (χ0n) is 7.96. The van der Waals surface area contributed by atoms with Gasteiger partial charge in [-0.05, 0) is 12.1 Å². The molecule has 0 bridgehead atoms. The molecule has 0 fully saturated rings. The normalized spacial score (nSPS) is 10.1. The van der Waals surface area contributed by atoms with Gasteiger partial charge >= 0.3 is 6.43 Å². The van der Waals surface area contributed by atoms with E-state index in [1.54, 1.807) is 6.07 Å². The molecule has 0 aliphatic heterocycles. The Labute approximate surface area is 85.0 Å². The second-order valence-corrected chi connectivity index (χ2v) is 2.74. The van der Waals surface area contributed by atoms with Gasteiger partial charge in [-0.25, -0.2) is 0 Å². The highest BCUT2D eigenvalue weighted by Gasteiger charge is 2.16. The van der Waals surface area contributed by atoms with Gasteiger partial charge in [-0.2, -0.15) is 8.78 Å². The first-order valence-corrected chi connectivity index (χ1v) is 4.07. The summed E-state index contributed by atoms with van der Waals surface area (Å²) in [5.74, 6) is -0.969. The summed E-state index contributed by atoms with van der Waals surface area (Å²) in [6.07, 6.45) is -3.07. The van der Waals surface area contributed by atoms with Gasteiger partial charge < -0.3 is 15.8 Å². The summed E-state index contributed by atoms with van der Waals surface area (Å²) in [6.45, 7) is 0. The van der Waals surface area contributed by atoms with Crippen LogP contribution in [0.2, 0.25) is 0 Å². The van der Waals surface area contributed by atoms with Crippen LogP contribution < -0.4 is 15.8 Å². The maximum Gasteiger partial charge on any atom is 0.315 e. The SMILES string of the molecule is COc1ccc(N)c(NC(=O)C(F)F)c1. The average Bonchev–Trinajstić information content (AvgIpc) is 2.21. The van der Waals surface area contributed by atoms with E-state index in [0.29, 0.717) is 5.75 Å². The molecule has 0 aliphatic carbocycles. The van der Waals surface area contributed by atoms with E-state index in [-0.39, 0.29) is 11.4 Å². The van der Waals surface area contributed by atoms with E-state index in [1.807, 2.05) is 5.32 Å². The summed E-state index contributed by atoms with van der Waals surface area (Å²) in [6, 6.07) is 4.39. The first-order valence-electron chi connectivity index (χ1n) is 4.07. The smallest absolute Gasteiger partial charge is 0.315 e. The number of ether oxygens (including phenoxy) is 1. The van der Waals surface area contributed by atoms with Gasteiger partial charge in [0.2, 0.25) is 0 Å². The Hall–Kier alpha value is -1.85. The molecular weight excluding hydrogens is 206 g/mol. The number of carbonyl (C=O) groups excluding carboxylic acids is 1. The van der Waals surface area contributed by atoms with Crippen LogP contribution in [-0.4, -0.2) is 19.4 Å². The molecule has 4 nitrogen and oxygen atoms in total. The summed E-state index contributed by atoms with van der Waals surface area (Å²) in [7, 11) is 1.42. The zero-order chi connectivity index (χ0) is 11.4. The Morgan fingerprint density at radius 2 is 2.20 bits per heavy atom. The number of nitrogens with two attached hydrogens (primary N) is 1. The number of halogens is 2. The molecule has 0 aromatic heterocycles. The first kappa shape index (κ1) is 11.2. The van der Waals surface area contributed by atoms with E-state index in [9.17, 15) is 13.6 Å². The number of alkyl halides is 2. The predicted octanol–water partition coefficient (Wildman–Crippen LogP) is 1.48. The minimum atomic E-state index is -3.07. The van der Waals surface area contributed by atoms with E-state index in [2.05, 4.69) is 0 Å². The summed E-state index contributed by atoms with van der Waals surface area (Å²) < 4.78 is 28.7. The van der Waals surface area contributed by atoms with Crippen molar-refractivity contribution in [3.05, 3.63) is 18.2 Å². The summed E-state index contributed by atoms with van der Waals surface area (Å²) in [4.78, 5) is 10.7. The number of rotatable bonds is 3. The molecule has 0 unspecified atom stereocenters. The molecule has 0 spiro atoms. The van der Waals surface area contributed by atoms with Crippen molar-refractivity contribution in [3.63, 3.8) is 0 Å². The molecule has 0 saturated heterocycles. The number of benzene rings is 1. The lowest BCUT2D eigenvalue weighted by Crippen LogP contribution is -2.20. The van der Waals surface area contributed by atoms with Crippen LogP contribution in [0, 0.1) is 0 Å². The monoisotopic (exact) mass is 216 g/mol. The molecule has 0 heterocycles. The molecular formula is C9H10F2N2O2. The average molecular weight is 216 g/mol. The van der Waals surface area contributed by atoms with E-state index in [1.165, 1.54) is 19.2 Å². The molecule has 82 valence electrons. The van der Waals surface area contributed by atoms with Gasteiger partial charge in [0.1, 0.15) is 5.75 Å². The molecule has 6 heteroatoms. The maximum atomic E-state index is 11.9. The number of methoxy groups -OCH3 is 1. The van der Waals surface area contributed by atoms with Crippen LogP contribution in [0.5, 0.6) is 5.75 Å². The lowest BCUT2D eigenvalue weighted by Gasteiger charge is -2.09. The van der Waals surface area contributed by atoms with Gasteiger partial charge in [0, 0.05) is 6.07 Å². The number of amides is 1. The van der Waals surface area contributed by atoms with Crippen LogP contribution in [0.25, 0.3) is 0 Å². The van der Waals surface area contributed by atoms with Crippen molar-refractivity contribution in [2.75, 3.05) is 18.2 Å². The highest BCUT2D eigenvalue weighted by atomic mass is 19.3. The van der Waals surface area contributed by atoms with Crippen molar-refractivity contribution in [2.45, 2.75) is 6.43 Å². The zero-order valence-corrected chi connectivity index (χ0v) is 7.96. The summed E-state index contributed by atoms with van der Waals surface area (Å²) in [5.41, 5.74) is 5.79. The van der Waals surface area contributed by atoms with Gasteiger partial charge in [0.25, 0.3) is 5.91 Å². The van der Waals surface area contributed by atoms with Crippen LogP contribution in [0.15, 0.2) is 18.2 Å². The van der Waals surface area contributed by atoms with E-state index >= 15 is 0 Å². The third-order valence-electron chi connectivity index (χ3n) is 1.72. The van der Waals surface area contributed by atoms with Gasteiger partial charge in [-0.15, -0.1) is 0 Å². The Kier molecular flexibility index (Phi) is 3.43. The van der Waals surface area contributed by atoms with E-state index in [0.717, 1.165) is 0 Å². The molecule has 15 heavy (non-hydrogen) atoms. The van der Waals surface area contributed by atoms with Crippen molar-refractivity contribution >= 4 is 17.3 Å². The quantitative estimate of drug-likeness (QED) is 0.752. The lowest BCUT2D eigenvalue weighted by atomic mass is 10.2. The number of nitrogens with one attached hydrogen (secondary N) is 1. The van der Waals surface area contributed by atoms with Gasteiger partial charge in [-0.1, -0.05) is 0 Å². The topological polar surface area (TPSA) is 64.3 Å². The molecule has 1 amide bonds. The minimum Gasteiger partial charge on any atom is -0.497 e. The minimum absolute atomic E-state index is 0.111. The Morgan fingerprint density at radius 1 is 1.53 bits per heavy atom. The van der Waals surface area contributed by atoms with Crippen LogP contribution in [-0.2, 0) is 4.79 Å². The fourth-order valence-electron chi connectivity index (χ4n) is 0.958. The number of carbonyl (C=O) groups is 1. The summed E-state index contributed by atoms with van der Waals surface area (Å²) in [5, 5.41) is 1.99. The van der Waals surface area contributed by atoms with Gasteiger partial charge in [-0.3, -0.25) is 4.79 Å². The molecule has 1 rings (SSSR count). The standard InChI is InChI=1S/C9H10F2N2O2/c1-15-5-2-3-6(12)7(4-5)13-9(14)8(10)11/h2-4,8H,12H2,1H3,(H,13,14). The van der Waals surface area contributed by atoms with Crippen molar-refractivity contribution in [1.29, 1.82) is 0 Å². The van der Waals surface area contributed by atoms with Crippen LogP contribution in [0.3, 0.4) is 0 Å². The Balaban J connectivity index is 2.88. The fraction of sp³-hybridized carbons (Fsp3) is 0.222. The molecule has 1 aromatic carbocycles. The Morgan fingerprint density at radius 3 is 2.73 bits per heavy atom. The van der Waals surface area contributed by atoms with Crippen LogP contribution >= 0.6 is 0 Å². The highest BCUT2D eigenvalue weighted by molar-refractivity contribution is 5.96. The second-order valence-electron chi connectivity index (χ2n) is 2.74. The van der Waals surface area contributed by atoms with Crippen molar-refractivity contribution in [1.82, 2.24) is 0 Å². The Bertz CT molecular complexity index is 369. The van der Waals surface area contributed by atoms with Crippen molar-refractivity contribution in [3.8, 4) is 5.75 Å². The predicted molar refractivity (Wildman–Crippen MR) is 52.0 cm³/mol. The first-order chi connectivity index (χ1) is 7.04. The molecule has 0 atom stereocenters. The fourth-order valence-corrected chi connectivity index (χ4v) is 0.958. The number of hydrogen-bond acceptors (Lipinski definition) is 3. The molecule has 3 N–H and O–H groups in total.